The van der Waals surface area contributed by atoms with E-state index in [0.29, 0.717) is 12.1 Å². The first-order valence-electron chi connectivity index (χ1n) is 7.37. The number of pyridine rings is 1. The Morgan fingerprint density at radius 1 is 1.23 bits per heavy atom. The van der Waals surface area contributed by atoms with Crippen molar-refractivity contribution in [1.29, 1.82) is 0 Å². The fourth-order valence-electron chi connectivity index (χ4n) is 2.19. The normalized spacial score (nSPS) is 10.3. The quantitative estimate of drug-likeness (QED) is 0.854. The molecule has 0 aliphatic carbocycles. The van der Waals surface area contributed by atoms with Crippen molar-refractivity contribution in [3.8, 4) is 0 Å². The third kappa shape index (κ3) is 4.31. The summed E-state index contributed by atoms with van der Waals surface area (Å²) in [5, 5.41) is 2.91. The highest BCUT2D eigenvalue weighted by Crippen LogP contribution is 2.13. The van der Waals surface area contributed by atoms with E-state index in [1.54, 1.807) is 6.20 Å². The van der Waals surface area contributed by atoms with Gasteiger partial charge < -0.3 is 10.2 Å². The summed E-state index contributed by atoms with van der Waals surface area (Å²) in [6.45, 7) is 6.47. The molecule has 0 atom stereocenters. The smallest absolute Gasteiger partial charge is 0.253 e. The summed E-state index contributed by atoms with van der Waals surface area (Å²) in [7, 11) is 0. The number of benzene rings is 1. The molecule has 0 radical (unpaired) electrons. The molecule has 0 aliphatic heterocycles. The molecule has 2 rings (SSSR count). The van der Waals surface area contributed by atoms with Crippen LogP contribution in [0.5, 0.6) is 0 Å². The molecule has 116 valence electrons. The minimum absolute atomic E-state index is 0.112. The number of nitrogens with zero attached hydrogens (tertiary/aromatic N) is 2. The van der Waals surface area contributed by atoms with E-state index in [-0.39, 0.29) is 5.91 Å². The molecule has 0 spiro atoms. The van der Waals surface area contributed by atoms with Crippen molar-refractivity contribution in [1.82, 2.24) is 10.3 Å². The van der Waals surface area contributed by atoms with E-state index in [1.807, 2.05) is 36.4 Å². The molecule has 22 heavy (non-hydrogen) atoms. The second kappa shape index (κ2) is 7.94. The monoisotopic (exact) mass is 361 g/mol. The van der Waals surface area contributed by atoms with Crippen LogP contribution < -0.4 is 10.2 Å². The number of halogens is 1. The van der Waals surface area contributed by atoms with Crippen LogP contribution in [0.1, 0.15) is 29.8 Å². The van der Waals surface area contributed by atoms with Gasteiger partial charge in [-0.25, -0.2) is 4.98 Å². The van der Waals surface area contributed by atoms with Gasteiger partial charge >= 0.3 is 0 Å². The predicted octanol–water partition coefficient (Wildman–Crippen LogP) is 3.62. The van der Waals surface area contributed by atoms with E-state index in [1.165, 1.54) is 0 Å². The van der Waals surface area contributed by atoms with Crippen LogP contribution in [0.15, 0.2) is 47.1 Å². The van der Waals surface area contributed by atoms with Gasteiger partial charge in [0.05, 0.1) is 5.56 Å². The molecule has 1 N–H and O–H groups in total. The molecule has 0 aliphatic rings. The van der Waals surface area contributed by atoms with Crippen molar-refractivity contribution < 1.29 is 4.79 Å². The molecule has 0 bridgehead atoms. The van der Waals surface area contributed by atoms with E-state index >= 15 is 0 Å². The maximum absolute atomic E-state index is 12.1. The zero-order valence-corrected chi connectivity index (χ0v) is 14.4. The predicted molar refractivity (Wildman–Crippen MR) is 93.1 cm³/mol. The van der Waals surface area contributed by atoms with Gasteiger partial charge in [-0.2, -0.15) is 0 Å². The van der Waals surface area contributed by atoms with Crippen LogP contribution in [0.3, 0.4) is 0 Å². The molecule has 5 heteroatoms. The Balaban J connectivity index is 1.98. The molecular formula is C17H20BrN3O. The number of hydrogen-bond donors (Lipinski definition) is 1. The SMILES string of the molecule is CCN(CC)c1ccc(C(=O)NCc2cccc(Br)c2)cn1. The number of hydrogen-bond acceptors (Lipinski definition) is 3. The Hall–Kier alpha value is -1.88. The zero-order chi connectivity index (χ0) is 15.9. The molecule has 0 unspecified atom stereocenters. The third-order valence-corrected chi connectivity index (χ3v) is 3.93. The molecule has 0 saturated carbocycles. The third-order valence-electron chi connectivity index (χ3n) is 3.44. The molecule has 0 saturated heterocycles. The molecule has 1 amide bonds. The van der Waals surface area contributed by atoms with Crippen molar-refractivity contribution in [2.24, 2.45) is 0 Å². The number of carbonyl (C=O) groups is 1. The highest BCUT2D eigenvalue weighted by Gasteiger charge is 2.08. The molecule has 1 aromatic heterocycles. The molecule has 0 fully saturated rings. The van der Waals surface area contributed by atoms with Crippen LogP contribution in [0, 0.1) is 0 Å². The number of nitrogens with one attached hydrogen (secondary N) is 1. The van der Waals surface area contributed by atoms with Crippen molar-refractivity contribution in [3.05, 3.63) is 58.2 Å². The Morgan fingerprint density at radius 2 is 2.00 bits per heavy atom. The van der Waals surface area contributed by atoms with Gasteiger partial charge in [0.25, 0.3) is 5.91 Å². The Kier molecular flexibility index (Phi) is 5.95. The van der Waals surface area contributed by atoms with Crippen LogP contribution in [0.25, 0.3) is 0 Å². The minimum atomic E-state index is -0.112. The van der Waals surface area contributed by atoms with Crippen LogP contribution in [-0.2, 0) is 6.54 Å². The summed E-state index contributed by atoms with van der Waals surface area (Å²) in [6, 6.07) is 11.6. The van der Waals surface area contributed by atoms with E-state index in [9.17, 15) is 4.79 Å². The number of anilines is 1. The van der Waals surface area contributed by atoms with Crippen molar-refractivity contribution in [2.75, 3.05) is 18.0 Å². The second-order valence-electron chi connectivity index (χ2n) is 4.89. The first-order chi connectivity index (χ1) is 10.6. The fraction of sp³-hybridized carbons (Fsp3) is 0.294. The van der Waals surface area contributed by atoms with Gasteiger partial charge in [0.1, 0.15) is 5.82 Å². The first-order valence-corrected chi connectivity index (χ1v) is 8.17. The Bertz CT molecular complexity index is 624. The van der Waals surface area contributed by atoms with E-state index in [0.717, 1.165) is 28.9 Å². The lowest BCUT2D eigenvalue weighted by atomic mass is 10.2. The van der Waals surface area contributed by atoms with Gasteiger partial charge in [0, 0.05) is 30.3 Å². The highest BCUT2D eigenvalue weighted by molar-refractivity contribution is 9.10. The largest absolute Gasteiger partial charge is 0.357 e. The maximum atomic E-state index is 12.1. The molecular weight excluding hydrogens is 342 g/mol. The lowest BCUT2D eigenvalue weighted by Crippen LogP contribution is -2.25. The lowest BCUT2D eigenvalue weighted by Gasteiger charge is -2.19. The van der Waals surface area contributed by atoms with Gasteiger partial charge in [-0.05, 0) is 43.7 Å². The van der Waals surface area contributed by atoms with Crippen LogP contribution >= 0.6 is 15.9 Å². The van der Waals surface area contributed by atoms with Gasteiger partial charge in [0.2, 0.25) is 0 Å². The lowest BCUT2D eigenvalue weighted by molar-refractivity contribution is 0.0950. The van der Waals surface area contributed by atoms with Crippen molar-refractivity contribution in [3.63, 3.8) is 0 Å². The average Bonchev–Trinajstić information content (AvgIpc) is 2.54. The van der Waals surface area contributed by atoms with Gasteiger partial charge in [-0.1, -0.05) is 28.1 Å². The Labute approximate surface area is 139 Å². The summed E-state index contributed by atoms with van der Waals surface area (Å²) in [5.74, 6) is 0.784. The van der Waals surface area contributed by atoms with Crippen molar-refractivity contribution in [2.45, 2.75) is 20.4 Å². The molecule has 1 aromatic carbocycles. The van der Waals surface area contributed by atoms with Crippen LogP contribution in [0.4, 0.5) is 5.82 Å². The molecule has 4 nitrogen and oxygen atoms in total. The number of rotatable bonds is 6. The van der Waals surface area contributed by atoms with E-state index < -0.39 is 0 Å². The summed E-state index contributed by atoms with van der Waals surface area (Å²) >= 11 is 3.42. The summed E-state index contributed by atoms with van der Waals surface area (Å²) in [4.78, 5) is 18.7. The maximum Gasteiger partial charge on any atom is 0.253 e. The van der Waals surface area contributed by atoms with Gasteiger partial charge in [-0.15, -0.1) is 0 Å². The number of amides is 1. The van der Waals surface area contributed by atoms with E-state index in [4.69, 9.17) is 0 Å². The summed E-state index contributed by atoms with van der Waals surface area (Å²) < 4.78 is 1.00. The van der Waals surface area contributed by atoms with Gasteiger partial charge in [-0.3, -0.25) is 4.79 Å². The second-order valence-corrected chi connectivity index (χ2v) is 5.81. The number of carbonyl (C=O) groups excluding carboxylic acids is 1. The summed E-state index contributed by atoms with van der Waals surface area (Å²) in [5.41, 5.74) is 1.63. The topological polar surface area (TPSA) is 45.2 Å². The Morgan fingerprint density at radius 3 is 2.59 bits per heavy atom. The average molecular weight is 362 g/mol. The first kappa shape index (κ1) is 16.5. The molecule has 2 aromatic rings. The van der Waals surface area contributed by atoms with Gasteiger partial charge in [0.15, 0.2) is 0 Å². The van der Waals surface area contributed by atoms with Crippen LogP contribution in [0.2, 0.25) is 0 Å². The van der Waals surface area contributed by atoms with E-state index in [2.05, 4.69) is 45.0 Å². The van der Waals surface area contributed by atoms with Crippen molar-refractivity contribution >= 4 is 27.7 Å². The highest BCUT2D eigenvalue weighted by atomic mass is 79.9. The zero-order valence-electron chi connectivity index (χ0n) is 12.8. The standard InChI is InChI=1S/C17H20BrN3O/c1-3-21(4-2)16-9-8-14(12-19-16)17(22)20-11-13-6-5-7-15(18)10-13/h5-10,12H,3-4,11H2,1-2H3,(H,20,22). The minimum Gasteiger partial charge on any atom is -0.357 e. The fourth-order valence-corrected chi connectivity index (χ4v) is 2.63. The summed E-state index contributed by atoms with van der Waals surface area (Å²) in [6.07, 6.45) is 1.63. The molecule has 1 heterocycles. The number of aromatic nitrogens is 1. The van der Waals surface area contributed by atoms with Crippen LogP contribution in [-0.4, -0.2) is 24.0 Å².